The van der Waals surface area contributed by atoms with Crippen LogP contribution in [0.1, 0.15) is 322 Å². The molecule has 0 saturated heterocycles. The van der Waals surface area contributed by atoms with Gasteiger partial charge in [0.05, 0.1) is 18.8 Å². The maximum Gasteiger partial charge on any atom is 0.249 e. The first kappa shape index (κ1) is 63.0. The van der Waals surface area contributed by atoms with Crippen LogP contribution in [0.3, 0.4) is 0 Å². The Morgan fingerprint density at radius 2 is 0.641 bits per heavy atom. The number of hydrogen-bond donors (Lipinski definition) is 5. The van der Waals surface area contributed by atoms with Gasteiger partial charge in [-0.1, -0.05) is 296 Å². The van der Waals surface area contributed by atoms with Crippen LogP contribution >= 0.6 is 0 Å². The van der Waals surface area contributed by atoms with Gasteiger partial charge in [-0.15, -0.1) is 0 Å². The average Bonchev–Trinajstić information content (AvgIpc) is 3.30. The second-order valence-electron chi connectivity index (χ2n) is 20.3. The van der Waals surface area contributed by atoms with Gasteiger partial charge in [0.15, 0.2) is 0 Å². The minimum atomic E-state index is -1.28. The Morgan fingerprint density at radius 3 is 0.938 bits per heavy atom. The fraction of sp³-hybridized carbons (Fsp3) is 0.948. The Morgan fingerprint density at radius 1 is 0.375 bits per heavy atom. The van der Waals surface area contributed by atoms with E-state index >= 15 is 0 Å². The lowest BCUT2D eigenvalue weighted by atomic mass is 10.00. The lowest BCUT2D eigenvalue weighted by Gasteiger charge is -2.27. The third kappa shape index (κ3) is 46.2. The highest BCUT2D eigenvalue weighted by molar-refractivity contribution is 5.80. The van der Waals surface area contributed by atoms with Crippen molar-refractivity contribution in [2.75, 3.05) is 6.61 Å². The van der Waals surface area contributed by atoms with Crippen molar-refractivity contribution in [1.82, 2.24) is 5.32 Å². The van der Waals surface area contributed by atoms with Crippen LogP contribution in [0.4, 0.5) is 0 Å². The Labute approximate surface area is 400 Å². The van der Waals surface area contributed by atoms with Gasteiger partial charge in [-0.05, 0) is 38.5 Å². The summed E-state index contributed by atoms with van der Waals surface area (Å²) in [7, 11) is 0. The first-order valence-electron chi connectivity index (χ1n) is 29.1. The van der Waals surface area contributed by atoms with Crippen molar-refractivity contribution < 1.29 is 25.2 Å². The molecule has 382 valence electrons. The first-order chi connectivity index (χ1) is 31.5. The van der Waals surface area contributed by atoms with Crippen LogP contribution < -0.4 is 5.32 Å². The monoisotopic (exact) mass is 906 g/mol. The number of rotatable bonds is 54. The highest BCUT2D eigenvalue weighted by Gasteiger charge is 2.28. The molecule has 4 unspecified atom stereocenters. The maximum absolute atomic E-state index is 12.5. The summed E-state index contributed by atoms with van der Waals surface area (Å²) in [5.41, 5.74) is 0. The zero-order chi connectivity index (χ0) is 46.7. The number of nitrogens with one attached hydrogen (secondary N) is 1. The topological polar surface area (TPSA) is 110 Å². The minimum absolute atomic E-state index is 0.368. The third-order valence-corrected chi connectivity index (χ3v) is 14.0. The molecular weight excluding hydrogens is 791 g/mol. The molecule has 1 amide bonds. The van der Waals surface area contributed by atoms with E-state index in [4.69, 9.17) is 0 Å². The molecule has 0 heterocycles. The average molecular weight is 907 g/mol. The fourth-order valence-electron chi connectivity index (χ4n) is 9.41. The molecule has 4 atom stereocenters. The van der Waals surface area contributed by atoms with Gasteiger partial charge in [-0.25, -0.2) is 0 Å². The fourth-order valence-corrected chi connectivity index (χ4v) is 9.41. The summed E-state index contributed by atoms with van der Waals surface area (Å²) in [6, 6.07) is -0.997. The van der Waals surface area contributed by atoms with E-state index in [0.717, 1.165) is 38.5 Å². The number of aliphatic hydroxyl groups excluding tert-OH is 4. The molecule has 0 spiro atoms. The van der Waals surface area contributed by atoms with E-state index in [1.54, 1.807) is 0 Å². The van der Waals surface area contributed by atoms with Crippen LogP contribution in [0.5, 0.6) is 0 Å². The van der Waals surface area contributed by atoms with Crippen LogP contribution in [0, 0.1) is 0 Å². The maximum atomic E-state index is 12.5. The van der Waals surface area contributed by atoms with E-state index in [2.05, 4.69) is 31.3 Å². The Bertz CT molecular complexity index is 928. The predicted molar refractivity (Wildman–Crippen MR) is 279 cm³/mol. The largest absolute Gasteiger partial charge is 0.394 e. The van der Waals surface area contributed by atoms with E-state index in [9.17, 15) is 25.2 Å². The summed E-state index contributed by atoms with van der Waals surface area (Å²) >= 11 is 0. The predicted octanol–water partition coefficient (Wildman–Crippen LogP) is 16.9. The van der Waals surface area contributed by atoms with Crippen LogP contribution in [-0.2, 0) is 4.79 Å². The molecule has 0 aliphatic heterocycles. The smallest absolute Gasteiger partial charge is 0.249 e. The van der Waals surface area contributed by atoms with Gasteiger partial charge in [0, 0.05) is 0 Å². The summed E-state index contributed by atoms with van der Waals surface area (Å²) in [5, 5.41) is 43.7. The number of unbranched alkanes of at least 4 members (excludes halogenated alkanes) is 43. The SMILES string of the molecule is CCCCCCC/C=C/CCCC(O)C(O)C(CO)NC(=O)C(O)CCCCCCCCCCCCCCCCCCCCCCCCCCCCCCCCCCCCCCCC. The number of carbonyl (C=O) groups is 1. The normalized spacial score (nSPS) is 13.8. The highest BCUT2D eigenvalue weighted by atomic mass is 16.3. The van der Waals surface area contributed by atoms with Crippen molar-refractivity contribution in [1.29, 1.82) is 0 Å². The van der Waals surface area contributed by atoms with Crippen LogP contribution in [-0.4, -0.2) is 57.3 Å². The van der Waals surface area contributed by atoms with Gasteiger partial charge < -0.3 is 25.7 Å². The van der Waals surface area contributed by atoms with E-state index in [1.807, 2.05) is 0 Å². The second-order valence-corrected chi connectivity index (χ2v) is 20.3. The van der Waals surface area contributed by atoms with Crippen molar-refractivity contribution in [3.8, 4) is 0 Å². The Hall–Kier alpha value is -0.950. The summed E-state index contributed by atoms with van der Waals surface area (Å²) < 4.78 is 0. The summed E-state index contributed by atoms with van der Waals surface area (Å²) in [4.78, 5) is 12.5. The van der Waals surface area contributed by atoms with Crippen molar-refractivity contribution in [2.45, 2.75) is 346 Å². The molecule has 0 saturated carbocycles. The molecule has 0 aromatic rings. The molecule has 0 fully saturated rings. The molecule has 0 bridgehead atoms. The van der Waals surface area contributed by atoms with Crippen molar-refractivity contribution in [3.05, 3.63) is 12.2 Å². The molecule has 6 nitrogen and oxygen atoms in total. The molecule has 0 aromatic carbocycles. The molecule has 0 aromatic heterocycles. The molecule has 0 aliphatic rings. The van der Waals surface area contributed by atoms with Crippen molar-refractivity contribution in [2.24, 2.45) is 0 Å². The third-order valence-electron chi connectivity index (χ3n) is 14.0. The molecule has 64 heavy (non-hydrogen) atoms. The summed E-state index contributed by atoms with van der Waals surface area (Å²) in [6.45, 7) is 4.03. The van der Waals surface area contributed by atoms with Crippen molar-refractivity contribution >= 4 is 5.91 Å². The second kappa shape index (κ2) is 53.0. The minimum Gasteiger partial charge on any atom is -0.394 e. The number of hydrogen-bond acceptors (Lipinski definition) is 5. The lowest BCUT2D eigenvalue weighted by molar-refractivity contribution is -0.132. The van der Waals surface area contributed by atoms with Gasteiger partial charge in [0.1, 0.15) is 12.2 Å². The molecule has 5 N–H and O–H groups in total. The zero-order valence-corrected chi connectivity index (χ0v) is 43.3. The lowest BCUT2D eigenvalue weighted by Crippen LogP contribution is -2.53. The molecule has 6 heteroatoms. The Balaban J connectivity index is 3.43. The Kier molecular flexibility index (Phi) is 52.2. The van der Waals surface area contributed by atoms with E-state index in [1.165, 1.54) is 257 Å². The molecule has 0 rings (SSSR count). The van der Waals surface area contributed by atoms with Gasteiger partial charge in [-0.2, -0.15) is 0 Å². The summed E-state index contributed by atoms with van der Waals surface area (Å²) in [6.07, 6.45) is 63.4. The zero-order valence-electron chi connectivity index (χ0n) is 43.3. The van der Waals surface area contributed by atoms with Gasteiger partial charge in [0.25, 0.3) is 0 Å². The van der Waals surface area contributed by atoms with Crippen LogP contribution in [0.25, 0.3) is 0 Å². The molecule has 0 radical (unpaired) electrons. The quantitative estimate of drug-likeness (QED) is 0.0308. The van der Waals surface area contributed by atoms with E-state index < -0.39 is 36.9 Å². The van der Waals surface area contributed by atoms with Gasteiger partial charge >= 0.3 is 0 Å². The number of amides is 1. The van der Waals surface area contributed by atoms with E-state index in [0.29, 0.717) is 12.8 Å². The van der Waals surface area contributed by atoms with Gasteiger partial charge in [-0.3, -0.25) is 4.79 Å². The molecular formula is C58H115NO5. The highest BCUT2D eigenvalue weighted by Crippen LogP contribution is 2.19. The number of aliphatic hydroxyl groups is 4. The van der Waals surface area contributed by atoms with Crippen LogP contribution in [0.15, 0.2) is 12.2 Å². The summed E-state index contributed by atoms with van der Waals surface area (Å²) in [5.74, 6) is -0.589. The standard InChI is InChI=1S/C58H115NO5/c1-3-5-7-9-11-13-15-16-17-18-19-20-21-22-23-24-25-26-27-28-29-30-31-32-33-34-35-36-37-38-39-40-41-42-44-46-48-50-52-56(62)58(64)59-54(53-60)57(63)55(61)51-49-47-45-43-14-12-10-8-6-4-2/h43,45,54-57,60-63H,3-42,44,46-53H2,1-2H3,(H,59,64)/b45-43+. The number of carbonyl (C=O) groups excluding carboxylic acids is 1. The van der Waals surface area contributed by atoms with E-state index in [-0.39, 0.29) is 0 Å². The van der Waals surface area contributed by atoms with Crippen molar-refractivity contribution in [3.63, 3.8) is 0 Å². The first-order valence-corrected chi connectivity index (χ1v) is 29.1. The number of allylic oxidation sites excluding steroid dienone is 2. The van der Waals surface area contributed by atoms with Crippen LogP contribution in [0.2, 0.25) is 0 Å². The van der Waals surface area contributed by atoms with Gasteiger partial charge in [0.2, 0.25) is 5.91 Å². The molecule has 0 aliphatic carbocycles.